The van der Waals surface area contributed by atoms with Gasteiger partial charge in [0.2, 0.25) is 5.88 Å². The Kier molecular flexibility index (Phi) is 1.45. The quantitative estimate of drug-likeness (QED) is 0.595. The van der Waals surface area contributed by atoms with E-state index in [0.29, 0.717) is 5.69 Å². The standard InChI is InChI=1S/C7H11N3O/c8-6-5-9-10-3-1-2-4-11-7(6)10/h5H,1-4,8H2. The van der Waals surface area contributed by atoms with Crippen molar-refractivity contribution in [2.75, 3.05) is 12.3 Å². The van der Waals surface area contributed by atoms with Gasteiger partial charge >= 0.3 is 0 Å². The van der Waals surface area contributed by atoms with Crippen LogP contribution in [0.3, 0.4) is 0 Å². The van der Waals surface area contributed by atoms with Crippen LogP contribution in [0, 0.1) is 0 Å². The summed E-state index contributed by atoms with van der Waals surface area (Å²) in [7, 11) is 0. The van der Waals surface area contributed by atoms with Crippen molar-refractivity contribution in [2.45, 2.75) is 19.4 Å². The van der Waals surface area contributed by atoms with Crippen molar-refractivity contribution in [1.29, 1.82) is 0 Å². The minimum Gasteiger partial charge on any atom is -0.476 e. The second-order valence-corrected chi connectivity index (χ2v) is 2.68. The lowest BCUT2D eigenvalue weighted by Crippen LogP contribution is -2.00. The maximum Gasteiger partial charge on any atom is 0.235 e. The number of nitrogens with two attached hydrogens (primary N) is 1. The van der Waals surface area contributed by atoms with Crippen molar-refractivity contribution >= 4 is 5.69 Å². The monoisotopic (exact) mass is 153 g/mol. The lowest BCUT2D eigenvalue weighted by Gasteiger charge is -2.02. The van der Waals surface area contributed by atoms with E-state index in [1.54, 1.807) is 6.20 Å². The smallest absolute Gasteiger partial charge is 0.235 e. The predicted octanol–water partition coefficient (Wildman–Crippen LogP) is 0.638. The number of ether oxygens (including phenoxy) is 1. The van der Waals surface area contributed by atoms with E-state index in [-0.39, 0.29) is 0 Å². The topological polar surface area (TPSA) is 53.1 Å². The third-order valence-corrected chi connectivity index (χ3v) is 1.82. The van der Waals surface area contributed by atoms with Crippen LogP contribution in [0.5, 0.6) is 5.88 Å². The molecule has 1 aromatic heterocycles. The third kappa shape index (κ3) is 1.04. The van der Waals surface area contributed by atoms with Crippen molar-refractivity contribution in [3.8, 4) is 5.88 Å². The van der Waals surface area contributed by atoms with E-state index in [0.717, 1.165) is 31.9 Å². The number of aryl methyl sites for hydroxylation is 1. The summed E-state index contributed by atoms with van der Waals surface area (Å²) < 4.78 is 7.22. The highest BCUT2D eigenvalue weighted by atomic mass is 16.5. The Labute approximate surface area is 64.9 Å². The molecule has 2 rings (SSSR count). The lowest BCUT2D eigenvalue weighted by atomic mass is 10.3. The Morgan fingerprint density at radius 3 is 3.36 bits per heavy atom. The first kappa shape index (κ1) is 6.52. The van der Waals surface area contributed by atoms with Gasteiger partial charge in [0, 0.05) is 6.54 Å². The average molecular weight is 153 g/mol. The molecule has 0 aromatic carbocycles. The first-order valence-corrected chi connectivity index (χ1v) is 3.82. The molecule has 0 saturated carbocycles. The van der Waals surface area contributed by atoms with Crippen molar-refractivity contribution in [2.24, 2.45) is 0 Å². The van der Waals surface area contributed by atoms with E-state index in [1.807, 2.05) is 4.68 Å². The zero-order chi connectivity index (χ0) is 7.68. The lowest BCUT2D eigenvalue weighted by molar-refractivity contribution is 0.305. The second-order valence-electron chi connectivity index (χ2n) is 2.68. The van der Waals surface area contributed by atoms with Gasteiger partial charge in [0.05, 0.1) is 12.8 Å². The molecule has 0 aliphatic carbocycles. The van der Waals surface area contributed by atoms with Crippen LogP contribution < -0.4 is 10.5 Å². The van der Waals surface area contributed by atoms with Gasteiger partial charge in [-0.3, -0.25) is 0 Å². The summed E-state index contributed by atoms with van der Waals surface area (Å²) in [6.07, 6.45) is 3.84. The molecule has 1 aliphatic heterocycles. The number of anilines is 1. The molecule has 11 heavy (non-hydrogen) atoms. The number of rotatable bonds is 0. The summed E-state index contributed by atoms with van der Waals surface area (Å²) in [6.45, 7) is 1.68. The highest BCUT2D eigenvalue weighted by molar-refractivity contribution is 5.46. The van der Waals surface area contributed by atoms with E-state index in [2.05, 4.69) is 5.10 Å². The molecule has 0 amide bonds. The number of hydrogen-bond acceptors (Lipinski definition) is 3. The summed E-state index contributed by atoms with van der Waals surface area (Å²) in [5, 5.41) is 4.08. The Bertz CT molecular complexity index is 256. The fourth-order valence-electron chi connectivity index (χ4n) is 1.24. The van der Waals surface area contributed by atoms with Gasteiger partial charge in [-0.05, 0) is 12.8 Å². The van der Waals surface area contributed by atoms with E-state index in [4.69, 9.17) is 10.5 Å². The SMILES string of the molecule is Nc1cnn2c1OCCCC2. The van der Waals surface area contributed by atoms with Gasteiger partial charge in [-0.2, -0.15) is 5.10 Å². The molecule has 0 unspecified atom stereocenters. The molecule has 2 heterocycles. The van der Waals surface area contributed by atoms with E-state index in [1.165, 1.54) is 0 Å². The van der Waals surface area contributed by atoms with Gasteiger partial charge in [0.25, 0.3) is 0 Å². The Morgan fingerprint density at radius 1 is 1.55 bits per heavy atom. The van der Waals surface area contributed by atoms with Crippen molar-refractivity contribution in [3.05, 3.63) is 6.20 Å². The minimum atomic E-state index is 0.645. The minimum absolute atomic E-state index is 0.645. The van der Waals surface area contributed by atoms with Crippen molar-refractivity contribution in [3.63, 3.8) is 0 Å². The molecule has 0 fully saturated rings. The van der Waals surface area contributed by atoms with Crippen LogP contribution in [0.15, 0.2) is 6.20 Å². The number of hydrogen-bond donors (Lipinski definition) is 1. The molecule has 0 spiro atoms. The van der Waals surface area contributed by atoms with E-state index in [9.17, 15) is 0 Å². The highest BCUT2D eigenvalue weighted by Crippen LogP contribution is 2.23. The van der Waals surface area contributed by atoms with Gasteiger partial charge in [0.1, 0.15) is 5.69 Å². The van der Waals surface area contributed by atoms with Crippen LogP contribution in [-0.2, 0) is 6.54 Å². The largest absolute Gasteiger partial charge is 0.476 e. The predicted molar refractivity (Wildman–Crippen MR) is 41.4 cm³/mol. The zero-order valence-corrected chi connectivity index (χ0v) is 6.29. The Hall–Kier alpha value is -1.19. The molecule has 1 aromatic rings. The van der Waals surface area contributed by atoms with Crippen LogP contribution in [0.2, 0.25) is 0 Å². The summed E-state index contributed by atoms with van der Waals surface area (Å²) in [6, 6.07) is 0. The summed E-state index contributed by atoms with van der Waals surface area (Å²) in [5.74, 6) is 0.738. The number of fused-ring (bicyclic) bond motifs is 1. The molecular weight excluding hydrogens is 142 g/mol. The van der Waals surface area contributed by atoms with Gasteiger partial charge < -0.3 is 10.5 Å². The van der Waals surface area contributed by atoms with Gasteiger partial charge in [0.15, 0.2) is 0 Å². The van der Waals surface area contributed by atoms with Crippen LogP contribution in [0.25, 0.3) is 0 Å². The van der Waals surface area contributed by atoms with Crippen molar-refractivity contribution in [1.82, 2.24) is 9.78 Å². The van der Waals surface area contributed by atoms with Crippen LogP contribution in [0.1, 0.15) is 12.8 Å². The molecule has 4 heteroatoms. The first-order valence-electron chi connectivity index (χ1n) is 3.82. The molecular formula is C7H11N3O. The molecule has 0 bridgehead atoms. The molecule has 4 nitrogen and oxygen atoms in total. The van der Waals surface area contributed by atoms with Crippen LogP contribution in [0.4, 0.5) is 5.69 Å². The molecule has 0 saturated heterocycles. The zero-order valence-electron chi connectivity index (χ0n) is 6.29. The summed E-state index contributed by atoms with van der Waals surface area (Å²) >= 11 is 0. The molecule has 0 atom stereocenters. The maximum absolute atomic E-state index is 5.62. The highest BCUT2D eigenvalue weighted by Gasteiger charge is 2.11. The van der Waals surface area contributed by atoms with Crippen LogP contribution >= 0.6 is 0 Å². The Balaban J connectivity index is 2.35. The number of nitrogen functional groups attached to an aromatic ring is 1. The summed E-state index contributed by atoms with van der Waals surface area (Å²) in [4.78, 5) is 0. The van der Waals surface area contributed by atoms with Gasteiger partial charge in [-0.1, -0.05) is 0 Å². The van der Waals surface area contributed by atoms with Crippen molar-refractivity contribution < 1.29 is 4.74 Å². The molecule has 2 N–H and O–H groups in total. The molecule has 0 radical (unpaired) electrons. The fourth-order valence-corrected chi connectivity index (χ4v) is 1.24. The normalized spacial score (nSPS) is 16.7. The number of aromatic nitrogens is 2. The van der Waals surface area contributed by atoms with E-state index < -0.39 is 0 Å². The van der Waals surface area contributed by atoms with Gasteiger partial charge in [-0.25, -0.2) is 4.68 Å². The molecule has 60 valence electrons. The number of nitrogens with zero attached hydrogens (tertiary/aromatic N) is 2. The average Bonchev–Trinajstić information content (AvgIpc) is 2.25. The summed E-state index contributed by atoms with van der Waals surface area (Å²) in [5.41, 5.74) is 6.27. The van der Waals surface area contributed by atoms with Gasteiger partial charge in [-0.15, -0.1) is 0 Å². The second kappa shape index (κ2) is 2.45. The Morgan fingerprint density at radius 2 is 2.45 bits per heavy atom. The maximum atomic E-state index is 5.62. The third-order valence-electron chi connectivity index (χ3n) is 1.82. The molecule has 1 aliphatic rings. The van der Waals surface area contributed by atoms with Crippen LogP contribution in [-0.4, -0.2) is 16.4 Å². The van der Waals surface area contributed by atoms with E-state index >= 15 is 0 Å². The fraction of sp³-hybridized carbons (Fsp3) is 0.571. The first-order chi connectivity index (χ1) is 5.38.